The third-order valence-electron chi connectivity index (χ3n) is 2.29. The Morgan fingerprint density at radius 1 is 1.33 bits per heavy atom. The first-order valence-electron chi connectivity index (χ1n) is 4.49. The molecule has 0 aromatic carbocycles. The molecule has 1 rings (SSSR count). The summed E-state index contributed by atoms with van der Waals surface area (Å²) in [5.74, 6) is 0.185. The summed E-state index contributed by atoms with van der Waals surface area (Å²) in [5, 5.41) is 0. The Balaban J connectivity index is 2.40. The fourth-order valence-corrected chi connectivity index (χ4v) is 1.45. The summed E-state index contributed by atoms with van der Waals surface area (Å²) in [6.07, 6.45) is 1.48. The summed E-state index contributed by atoms with van der Waals surface area (Å²) < 4.78 is 0. The van der Waals surface area contributed by atoms with Gasteiger partial charge in [-0.05, 0) is 26.9 Å². The van der Waals surface area contributed by atoms with Gasteiger partial charge in [-0.1, -0.05) is 0 Å². The molecule has 0 N–H and O–H groups in total. The Morgan fingerprint density at radius 2 is 2.08 bits per heavy atom. The predicted molar refractivity (Wildman–Crippen MR) is 48.7 cm³/mol. The molecule has 1 fully saturated rings. The molecule has 3 nitrogen and oxygen atoms in total. The second kappa shape index (κ2) is 4.45. The Kier molecular flexibility index (Phi) is 3.53. The summed E-state index contributed by atoms with van der Waals surface area (Å²) in [5.41, 5.74) is 0. The van der Waals surface area contributed by atoms with Crippen molar-refractivity contribution in [2.75, 3.05) is 33.2 Å². The van der Waals surface area contributed by atoms with Crippen molar-refractivity contribution in [3.05, 3.63) is 6.92 Å². The van der Waals surface area contributed by atoms with Crippen molar-refractivity contribution in [2.24, 2.45) is 0 Å². The minimum atomic E-state index is 0.185. The zero-order chi connectivity index (χ0) is 8.97. The molecule has 0 spiro atoms. The Bertz CT molecular complexity index is 159. The second-order valence-electron chi connectivity index (χ2n) is 3.29. The zero-order valence-corrected chi connectivity index (χ0v) is 7.75. The first-order chi connectivity index (χ1) is 5.74. The first kappa shape index (κ1) is 9.52. The molecule has 0 unspecified atom stereocenters. The third-order valence-corrected chi connectivity index (χ3v) is 2.29. The van der Waals surface area contributed by atoms with Crippen molar-refractivity contribution < 1.29 is 4.79 Å². The topological polar surface area (TPSA) is 23.6 Å². The number of hydrogen-bond acceptors (Lipinski definition) is 2. The molecular weight excluding hydrogens is 152 g/mol. The molecule has 0 aliphatic carbocycles. The molecule has 0 aromatic rings. The van der Waals surface area contributed by atoms with Crippen LogP contribution < -0.4 is 0 Å². The minimum absolute atomic E-state index is 0.185. The van der Waals surface area contributed by atoms with Gasteiger partial charge in [-0.2, -0.15) is 0 Å². The first-order valence-corrected chi connectivity index (χ1v) is 4.49. The number of likely N-dealkylation sites (N-methyl/N-ethyl adjacent to an activating group) is 1. The van der Waals surface area contributed by atoms with Crippen LogP contribution in [0.25, 0.3) is 0 Å². The molecule has 0 saturated carbocycles. The molecule has 1 saturated heterocycles. The van der Waals surface area contributed by atoms with Crippen LogP contribution in [0.4, 0.5) is 0 Å². The monoisotopic (exact) mass is 169 g/mol. The van der Waals surface area contributed by atoms with E-state index in [2.05, 4.69) is 18.9 Å². The second-order valence-corrected chi connectivity index (χ2v) is 3.29. The number of carbonyl (C=O) groups excluding carboxylic acids is 1. The van der Waals surface area contributed by atoms with Crippen molar-refractivity contribution in [3.8, 4) is 0 Å². The number of rotatable bonds is 1. The van der Waals surface area contributed by atoms with Gasteiger partial charge in [-0.3, -0.25) is 4.79 Å². The highest BCUT2D eigenvalue weighted by Crippen LogP contribution is 2.02. The van der Waals surface area contributed by atoms with Gasteiger partial charge in [0, 0.05) is 26.1 Å². The van der Waals surface area contributed by atoms with E-state index in [4.69, 9.17) is 0 Å². The maximum absolute atomic E-state index is 11.3. The van der Waals surface area contributed by atoms with E-state index in [-0.39, 0.29) is 5.91 Å². The Hall–Kier alpha value is -0.570. The zero-order valence-electron chi connectivity index (χ0n) is 7.75. The SMILES string of the molecule is [CH2]CC(=O)N1CCCN(C)CC1. The summed E-state index contributed by atoms with van der Waals surface area (Å²) in [6, 6.07) is 0. The van der Waals surface area contributed by atoms with Crippen LogP contribution in [0.3, 0.4) is 0 Å². The van der Waals surface area contributed by atoms with Crippen molar-refractivity contribution >= 4 is 5.91 Å². The summed E-state index contributed by atoms with van der Waals surface area (Å²) in [7, 11) is 2.10. The van der Waals surface area contributed by atoms with Crippen molar-refractivity contribution in [2.45, 2.75) is 12.8 Å². The van der Waals surface area contributed by atoms with Crippen LogP contribution in [0, 0.1) is 6.92 Å². The van der Waals surface area contributed by atoms with Crippen LogP contribution in [0.1, 0.15) is 12.8 Å². The average Bonchev–Trinajstić information content (AvgIpc) is 2.29. The lowest BCUT2D eigenvalue weighted by Crippen LogP contribution is -2.33. The van der Waals surface area contributed by atoms with Crippen LogP contribution in [-0.4, -0.2) is 48.9 Å². The van der Waals surface area contributed by atoms with Gasteiger partial charge in [0.1, 0.15) is 0 Å². The number of carbonyl (C=O) groups is 1. The highest BCUT2D eigenvalue weighted by atomic mass is 16.2. The van der Waals surface area contributed by atoms with Gasteiger partial charge >= 0.3 is 0 Å². The molecular formula is C9H17N2O. The molecule has 0 aromatic heterocycles. The van der Waals surface area contributed by atoms with Gasteiger partial charge in [-0.25, -0.2) is 0 Å². The quantitative estimate of drug-likeness (QED) is 0.566. The molecule has 1 aliphatic rings. The summed E-state index contributed by atoms with van der Waals surface area (Å²) >= 11 is 0. The standard InChI is InChI=1S/C9H17N2O/c1-3-9(12)11-6-4-5-10(2)7-8-11/h1,3-8H2,2H3. The van der Waals surface area contributed by atoms with Crippen molar-refractivity contribution in [1.29, 1.82) is 0 Å². The van der Waals surface area contributed by atoms with Crippen LogP contribution in [0.15, 0.2) is 0 Å². The number of amides is 1. The molecule has 3 heteroatoms. The van der Waals surface area contributed by atoms with E-state index < -0.39 is 0 Å². The molecule has 1 heterocycles. The van der Waals surface area contributed by atoms with Gasteiger partial charge < -0.3 is 9.80 Å². The highest BCUT2D eigenvalue weighted by molar-refractivity contribution is 5.76. The molecule has 12 heavy (non-hydrogen) atoms. The van der Waals surface area contributed by atoms with E-state index >= 15 is 0 Å². The van der Waals surface area contributed by atoms with E-state index in [0.717, 1.165) is 32.6 Å². The summed E-state index contributed by atoms with van der Waals surface area (Å²) in [4.78, 5) is 15.4. The van der Waals surface area contributed by atoms with E-state index in [1.54, 1.807) is 0 Å². The van der Waals surface area contributed by atoms with Gasteiger partial charge in [0.15, 0.2) is 0 Å². The minimum Gasteiger partial charge on any atom is -0.341 e. The van der Waals surface area contributed by atoms with E-state index in [0.29, 0.717) is 6.42 Å². The van der Waals surface area contributed by atoms with E-state index in [9.17, 15) is 4.79 Å². The lowest BCUT2D eigenvalue weighted by Gasteiger charge is -2.19. The molecule has 69 valence electrons. The fourth-order valence-electron chi connectivity index (χ4n) is 1.45. The van der Waals surface area contributed by atoms with Crippen LogP contribution >= 0.6 is 0 Å². The van der Waals surface area contributed by atoms with Crippen LogP contribution in [0.5, 0.6) is 0 Å². The van der Waals surface area contributed by atoms with Gasteiger partial charge in [0.25, 0.3) is 0 Å². The molecule has 1 amide bonds. The number of nitrogens with zero attached hydrogens (tertiary/aromatic N) is 2. The van der Waals surface area contributed by atoms with Gasteiger partial charge in [0.05, 0.1) is 0 Å². The van der Waals surface area contributed by atoms with Gasteiger partial charge in [-0.15, -0.1) is 0 Å². The van der Waals surface area contributed by atoms with Crippen LogP contribution in [0.2, 0.25) is 0 Å². The Labute approximate surface area is 74.3 Å². The smallest absolute Gasteiger partial charge is 0.222 e. The largest absolute Gasteiger partial charge is 0.341 e. The third kappa shape index (κ3) is 2.48. The van der Waals surface area contributed by atoms with Crippen molar-refractivity contribution in [1.82, 2.24) is 9.80 Å². The average molecular weight is 169 g/mol. The van der Waals surface area contributed by atoms with Gasteiger partial charge in [0.2, 0.25) is 5.91 Å². The molecule has 1 radical (unpaired) electrons. The van der Waals surface area contributed by atoms with E-state index in [1.807, 2.05) is 4.90 Å². The van der Waals surface area contributed by atoms with Crippen molar-refractivity contribution in [3.63, 3.8) is 0 Å². The normalized spacial score (nSPS) is 20.7. The molecule has 0 atom stereocenters. The Morgan fingerprint density at radius 3 is 2.75 bits per heavy atom. The summed E-state index contributed by atoms with van der Waals surface area (Å²) in [6.45, 7) is 7.46. The fraction of sp³-hybridized carbons (Fsp3) is 0.778. The molecule has 0 bridgehead atoms. The van der Waals surface area contributed by atoms with E-state index in [1.165, 1.54) is 0 Å². The van der Waals surface area contributed by atoms with Crippen LogP contribution in [-0.2, 0) is 4.79 Å². The maximum atomic E-state index is 11.3. The number of hydrogen-bond donors (Lipinski definition) is 0. The lowest BCUT2D eigenvalue weighted by atomic mass is 10.3. The lowest BCUT2D eigenvalue weighted by molar-refractivity contribution is -0.130. The highest BCUT2D eigenvalue weighted by Gasteiger charge is 2.15. The maximum Gasteiger partial charge on any atom is 0.222 e. The molecule has 1 aliphatic heterocycles. The predicted octanol–water partition coefficient (Wildman–Crippen LogP) is 0.375.